The second-order valence-electron chi connectivity index (χ2n) is 6.28. The van der Waals surface area contributed by atoms with Crippen molar-refractivity contribution in [2.75, 3.05) is 6.61 Å². The minimum absolute atomic E-state index is 0.141. The van der Waals surface area contributed by atoms with Crippen LogP contribution in [0.1, 0.15) is 33.6 Å². The highest BCUT2D eigenvalue weighted by Crippen LogP contribution is 2.28. The molecule has 33 heavy (non-hydrogen) atoms. The SMILES string of the molecule is O=C(OCCCC(F)S(=O)(=O)O)c1cc(OC(=O)c2cc(I)cc(I)c2I)ccc1[N+](=O)[O-]. The van der Waals surface area contributed by atoms with E-state index in [2.05, 4.69) is 22.6 Å². The molecular weight excluding hydrogens is 806 g/mol. The van der Waals surface area contributed by atoms with Gasteiger partial charge in [-0.2, -0.15) is 8.42 Å². The molecule has 15 heteroatoms. The van der Waals surface area contributed by atoms with E-state index in [0.717, 1.165) is 25.3 Å². The second-order valence-corrected chi connectivity index (χ2v) is 11.3. The maximum absolute atomic E-state index is 13.2. The Kier molecular flexibility index (Phi) is 10.2. The molecule has 0 bridgehead atoms. The van der Waals surface area contributed by atoms with E-state index in [1.807, 2.05) is 51.2 Å². The fourth-order valence-electron chi connectivity index (χ4n) is 2.40. The molecule has 1 N–H and O–H groups in total. The van der Waals surface area contributed by atoms with Crippen molar-refractivity contribution in [1.29, 1.82) is 0 Å². The van der Waals surface area contributed by atoms with E-state index >= 15 is 0 Å². The molecule has 1 unspecified atom stereocenters. The van der Waals surface area contributed by atoms with Gasteiger partial charge in [0.1, 0.15) is 11.3 Å². The highest BCUT2D eigenvalue weighted by Gasteiger charge is 2.25. The molecule has 0 aromatic heterocycles. The van der Waals surface area contributed by atoms with Crippen LogP contribution < -0.4 is 4.74 Å². The fourth-order valence-corrected chi connectivity index (χ4v) is 5.24. The summed E-state index contributed by atoms with van der Waals surface area (Å²) >= 11 is 6.09. The number of nitro groups is 1. The highest BCUT2D eigenvalue weighted by atomic mass is 127. The van der Waals surface area contributed by atoms with Crippen molar-refractivity contribution in [2.45, 2.75) is 18.3 Å². The Morgan fingerprint density at radius 3 is 2.39 bits per heavy atom. The third-order valence-corrected chi connectivity index (χ3v) is 8.49. The Balaban J connectivity index is 2.18. The van der Waals surface area contributed by atoms with Gasteiger partial charge < -0.3 is 9.47 Å². The van der Waals surface area contributed by atoms with Gasteiger partial charge in [0, 0.05) is 22.8 Å². The maximum atomic E-state index is 13.2. The molecule has 0 spiro atoms. The molecule has 0 heterocycles. The molecule has 2 aromatic rings. The van der Waals surface area contributed by atoms with E-state index in [4.69, 9.17) is 14.0 Å². The summed E-state index contributed by atoms with van der Waals surface area (Å²) in [6, 6.07) is 6.57. The van der Waals surface area contributed by atoms with Crippen molar-refractivity contribution in [1.82, 2.24) is 0 Å². The largest absolute Gasteiger partial charge is 0.462 e. The summed E-state index contributed by atoms with van der Waals surface area (Å²) in [6.07, 6.45) is -0.905. The molecule has 10 nitrogen and oxygen atoms in total. The molecule has 0 saturated carbocycles. The monoisotopic (exact) mass is 819 g/mol. The van der Waals surface area contributed by atoms with Gasteiger partial charge in [-0.1, -0.05) is 0 Å². The van der Waals surface area contributed by atoms with Crippen LogP contribution >= 0.6 is 67.8 Å². The molecule has 2 rings (SSSR count). The number of benzene rings is 2. The van der Waals surface area contributed by atoms with Crippen LogP contribution in [-0.4, -0.2) is 41.9 Å². The van der Waals surface area contributed by atoms with Crippen molar-refractivity contribution < 1.29 is 41.3 Å². The number of ether oxygens (including phenoxy) is 2. The molecule has 0 aliphatic carbocycles. The van der Waals surface area contributed by atoms with E-state index in [1.165, 1.54) is 0 Å². The lowest BCUT2D eigenvalue weighted by atomic mass is 10.1. The Bertz CT molecular complexity index is 1210. The first-order chi connectivity index (χ1) is 15.3. The van der Waals surface area contributed by atoms with Crippen LogP contribution in [0.3, 0.4) is 0 Å². The highest BCUT2D eigenvalue weighted by molar-refractivity contribution is 14.1. The number of alkyl halides is 1. The first kappa shape index (κ1) is 28.1. The average Bonchev–Trinajstić information content (AvgIpc) is 2.72. The van der Waals surface area contributed by atoms with Gasteiger partial charge in [0.05, 0.1) is 17.1 Å². The number of esters is 2. The normalized spacial score (nSPS) is 12.2. The number of hydrogen-bond donors (Lipinski definition) is 1. The van der Waals surface area contributed by atoms with Crippen molar-refractivity contribution in [3.63, 3.8) is 0 Å². The van der Waals surface area contributed by atoms with E-state index < -0.39 is 56.8 Å². The van der Waals surface area contributed by atoms with Gasteiger partial charge in [-0.05, 0) is 98.8 Å². The standard InChI is InChI=1S/C18H13FI3NO9S/c19-15(33(28,29)30)2-1-5-31-17(24)11-8-10(3-4-14(11)23(26)27)32-18(25)12-6-9(20)7-13(21)16(12)22/h3-4,6-8,15H,1-2,5H2,(H,28,29,30). The van der Waals surface area contributed by atoms with Gasteiger partial charge in [-0.3, -0.25) is 14.7 Å². The van der Waals surface area contributed by atoms with Gasteiger partial charge >= 0.3 is 11.9 Å². The summed E-state index contributed by atoms with van der Waals surface area (Å²) in [7, 11) is -4.87. The zero-order valence-corrected chi connectivity index (χ0v) is 23.5. The summed E-state index contributed by atoms with van der Waals surface area (Å²) in [5.41, 5.74) is -3.39. The predicted molar refractivity (Wildman–Crippen MR) is 139 cm³/mol. The van der Waals surface area contributed by atoms with Gasteiger partial charge in [0.25, 0.3) is 15.8 Å². The topological polar surface area (TPSA) is 150 Å². The van der Waals surface area contributed by atoms with Crippen molar-refractivity contribution in [2.24, 2.45) is 0 Å². The molecule has 0 radical (unpaired) electrons. The average molecular weight is 819 g/mol. The summed E-state index contributed by atoms with van der Waals surface area (Å²) in [5, 5.41) is 11.3. The lowest BCUT2D eigenvalue weighted by Gasteiger charge is -2.10. The molecule has 0 aliphatic rings. The number of carbonyl (C=O) groups is 2. The van der Waals surface area contributed by atoms with Crippen LogP contribution in [0.15, 0.2) is 30.3 Å². The molecule has 2 aromatic carbocycles. The van der Waals surface area contributed by atoms with Crippen LogP contribution in [0.2, 0.25) is 0 Å². The molecule has 0 fully saturated rings. The van der Waals surface area contributed by atoms with Gasteiger partial charge in [-0.25, -0.2) is 14.0 Å². The zero-order chi connectivity index (χ0) is 24.9. The number of nitro benzene ring substituents is 1. The van der Waals surface area contributed by atoms with Crippen LogP contribution in [0.4, 0.5) is 10.1 Å². The summed E-state index contributed by atoms with van der Waals surface area (Å²) in [5.74, 6) is -2.03. The van der Waals surface area contributed by atoms with Crippen LogP contribution in [-0.2, 0) is 14.9 Å². The number of hydrogen-bond acceptors (Lipinski definition) is 8. The fraction of sp³-hybridized carbons (Fsp3) is 0.222. The van der Waals surface area contributed by atoms with Crippen molar-refractivity contribution in [3.05, 3.63) is 62.3 Å². The number of halogens is 4. The third kappa shape index (κ3) is 7.92. The minimum Gasteiger partial charge on any atom is -0.462 e. The number of rotatable bonds is 9. The van der Waals surface area contributed by atoms with Gasteiger partial charge in [0.15, 0.2) is 0 Å². The van der Waals surface area contributed by atoms with Gasteiger partial charge in [0.2, 0.25) is 5.50 Å². The Labute approximate surface area is 227 Å². The molecule has 0 saturated heterocycles. The Morgan fingerprint density at radius 2 is 1.79 bits per heavy atom. The Morgan fingerprint density at radius 1 is 1.12 bits per heavy atom. The van der Waals surface area contributed by atoms with Gasteiger partial charge in [-0.15, -0.1) is 0 Å². The summed E-state index contributed by atoms with van der Waals surface area (Å²) in [6.45, 7) is -0.463. The van der Waals surface area contributed by atoms with Crippen molar-refractivity contribution >= 4 is 95.5 Å². The summed E-state index contributed by atoms with van der Waals surface area (Å²) < 4.78 is 55.5. The minimum atomic E-state index is -4.87. The second kappa shape index (κ2) is 12.0. The molecule has 0 amide bonds. The predicted octanol–water partition coefficient (Wildman–Crippen LogP) is 4.75. The van der Waals surface area contributed by atoms with Crippen molar-refractivity contribution in [3.8, 4) is 5.75 Å². The lowest BCUT2D eigenvalue weighted by Crippen LogP contribution is -2.16. The van der Waals surface area contributed by atoms with E-state index in [9.17, 15) is 32.5 Å². The smallest absolute Gasteiger partial charge is 0.345 e. The van der Waals surface area contributed by atoms with Crippen LogP contribution in [0, 0.1) is 20.8 Å². The first-order valence-electron chi connectivity index (χ1n) is 8.74. The van der Waals surface area contributed by atoms with Crippen LogP contribution in [0.25, 0.3) is 0 Å². The third-order valence-electron chi connectivity index (χ3n) is 3.94. The quantitative estimate of drug-likeness (QED) is 0.0553. The van der Waals surface area contributed by atoms with Crippen LogP contribution in [0.5, 0.6) is 5.75 Å². The molecule has 1 atom stereocenters. The lowest BCUT2D eigenvalue weighted by molar-refractivity contribution is -0.385. The van der Waals surface area contributed by atoms with E-state index in [1.54, 1.807) is 6.07 Å². The number of nitrogens with zero attached hydrogens (tertiary/aromatic N) is 1. The maximum Gasteiger partial charge on any atom is 0.345 e. The molecule has 178 valence electrons. The molecule has 0 aliphatic heterocycles. The zero-order valence-electron chi connectivity index (χ0n) is 16.2. The first-order valence-corrected chi connectivity index (χ1v) is 13.5. The number of carbonyl (C=O) groups excluding carboxylic acids is 2. The summed E-state index contributed by atoms with van der Waals surface area (Å²) in [4.78, 5) is 35.4. The van der Waals surface area contributed by atoms with E-state index in [0.29, 0.717) is 3.57 Å². The molecular formula is C18H13FI3NO9S. The Hall–Kier alpha value is -1.19. The van der Waals surface area contributed by atoms with E-state index in [-0.39, 0.29) is 17.7 Å².